The van der Waals surface area contributed by atoms with Gasteiger partial charge in [0.25, 0.3) is 0 Å². The first-order chi connectivity index (χ1) is 10.7. The van der Waals surface area contributed by atoms with Crippen molar-refractivity contribution in [2.75, 3.05) is 18.0 Å². The van der Waals surface area contributed by atoms with E-state index < -0.39 is 6.09 Å². The number of nitrogens with zero attached hydrogens (tertiary/aromatic N) is 3. The van der Waals surface area contributed by atoms with Crippen molar-refractivity contribution in [3.8, 4) is 12.3 Å². The Kier molecular flexibility index (Phi) is 3.71. The van der Waals surface area contributed by atoms with Crippen LogP contribution in [0.2, 0.25) is 0 Å². The van der Waals surface area contributed by atoms with Crippen LogP contribution in [-0.2, 0) is 6.54 Å². The van der Waals surface area contributed by atoms with Gasteiger partial charge in [-0.05, 0) is 24.3 Å². The number of terminal acetylenes is 1. The van der Waals surface area contributed by atoms with Crippen molar-refractivity contribution in [1.82, 2.24) is 15.1 Å². The lowest BCUT2D eigenvalue weighted by Gasteiger charge is -2.34. The summed E-state index contributed by atoms with van der Waals surface area (Å²) in [6, 6.07) is 9.69. The van der Waals surface area contributed by atoms with E-state index in [1.165, 1.54) is 0 Å². The minimum atomic E-state index is -1.00. The van der Waals surface area contributed by atoms with E-state index in [-0.39, 0.29) is 5.92 Å². The highest BCUT2D eigenvalue weighted by molar-refractivity contribution is 5.65. The lowest BCUT2D eigenvalue weighted by molar-refractivity contribution is 0.191. The van der Waals surface area contributed by atoms with Gasteiger partial charge in [0, 0.05) is 42.9 Å². The molecular formula is C16H16N4O2. The monoisotopic (exact) mass is 296 g/mol. The zero-order chi connectivity index (χ0) is 15.5. The second-order valence-electron chi connectivity index (χ2n) is 5.23. The summed E-state index contributed by atoms with van der Waals surface area (Å²) in [5, 5.41) is 15.5. The third-order valence-electron chi connectivity index (χ3n) is 3.73. The molecular weight excluding hydrogens is 280 g/mol. The zero-order valence-electron chi connectivity index (χ0n) is 11.9. The molecule has 1 unspecified atom stereocenters. The number of fused-ring (bicyclic) bond motifs is 1. The van der Waals surface area contributed by atoms with Gasteiger partial charge >= 0.3 is 6.09 Å². The number of nitrogens with one attached hydrogen (secondary N) is 1. The van der Waals surface area contributed by atoms with Crippen LogP contribution < -0.4 is 10.2 Å². The van der Waals surface area contributed by atoms with Crippen molar-refractivity contribution in [3.05, 3.63) is 42.1 Å². The number of anilines is 2. The molecule has 0 fully saturated rings. The summed E-state index contributed by atoms with van der Waals surface area (Å²) in [5.41, 5.74) is 1.85. The van der Waals surface area contributed by atoms with Crippen molar-refractivity contribution in [2.45, 2.75) is 6.54 Å². The van der Waals surface area contributed by atoms with E-state index in [0.717, 1.165) is 23.6 Å². The van der Waals surface area contributed by atoms with Crippen molar-refractivity contribution in [2.24, 2.45) is 5.92 Å². The standard InChI is InChI=1S/C16H16N4O2/c1-2-12-3-5-14(6-4-12)19-10-13(9-17-16(21)22)11-20-15(19)7-8-18-20/h1,3-8,13,17H,9-11H2,(H,21,22). The fourth-order valence-electron chi connectivity index (χ4n) is 2.69. The first-order valence-corrected chi connectivity index (χ1v) is 7.00. The number of rotatable bonds is 3. The predicted molar refractivity (Wildman–Crippen MR) is 83.1 cm³/mol. The molecule has 6 heteroatoms. The third-order valence-corrected chi connectivity index (χ3v) is 3.73. The van der Waals surface area contributed by atoms with Crippen LogP contribution in [0.25, 0.3) is 0 Å². The molecule has 0 radical (unpaired) electrons. The molecule has 6 nitrogen and oxygen atoms in total. The van der Waals surface area contributed by atoms with Crippen molar-refractivity contribution in [3.63, 3.8) is 0 Å². The highest BCUT2D eigenvalue weighted by Gasteiger charge is 2.26. The topological polar surface area (TPSA) is 70.4 Å². The van der Waals surface area contributed by atoms with Gasteiger partial charge in [-0.25, -0.2) is 9.48 Å². The van der Waals surface area contributed by atoms with E-state index in [4.69, 9.17) is 11.5 Å². The van der Waals surface area contributed by atoms with Crippen LogP contribution in [-0.4, -0.2) is 34.1 Å². The second kappa shape index (κ2) is 5.82. The maximum Gasteiger partial charge on any atom is 0.404 e. The number of hydrogen-bond acceptors (Lipinski definition) is 3. The molecule has 0 saturated carbocycles. The first-order valence-electron chi connectivity index (χ1n) is 7.00. The minimum Gasteiger partial charge on any atom is -0.465 e. The molecule has 1 atom stereocenters. The molecule has 2 aromatic rings. The van der Waals surface area contributed by atoms with Gasteiger partial charge in [-0.2, -0.15) is 5.10 Å². The van der Waals surface area contributed by atoms with Gasteiger partial charge in [0.1, 0.15) is 5.82 Å². The summed E-state index contributed by atoms with van der Waals surface area (Å²) in [7, 11) is 0. The smallest absolute Gasteiger partial charge is 0.404 e. The van der Waals surface area contributed by atoms with Crippen LogP contribution in [0, 0.1) is 18.3 Å². The van der Waals surface area contributed by atoms with Crippen LogP contribution >= 0.6 is 0 Å². The van der Waals surface area contributed by atoms with Crippen molar-refractivity contribution in [1.29, 1.82) is 0 Å². The molecule has 1 aliphatic heterocycles. The Morgan fingerprint density at radius 1 is 1.36 bits per heavy atom. The lowest BCUT2D eigenvalue weighted by atomic mass is 10.1. The van der Waals surface area contributed by atoms with Gasteiger partial charge in [0.15, 0.2) is 0 Å². The molecule has 2 N–H and O–H groups in total. The van der Waals surface area contributed by atoms with Crippen LogP contribution in [0.15, 0.2) is 36.5 Å². The van der Waals surface area contributed by atoms with E-state index in [2.05, 4.69) is 21.2 Å². The van der Waals surface area contributed by atoms with Gasteiger partial charge in [-0.15, -0.1) is 6.42 Å². The maximum atomic E-state index is 10.7. The van der Waals surface area contributed by atoms with E-state index in [9.17, 15) is 4.79 Å². The van der Waals surface area contributed by atoms with Gasteiger partial charge in [0.2, 0.25) is 0 Å². The number of carbonyl (C=O) groups is 1. The van der Waals surface area contributed by atoms with Crippen LogP contribution in [0.1, 0.15) is 5.56 Å². The van der Waals surface area contributed by atoms with E-state index in [0.29, 0.717) is 13.1 Å². The molecule has 0 spiro atoms. The summed E-state index contributed by atoms with van der Waals surface area (Å²) in [6.45, 7) is 1.82. The molecule has 1 aliphatic rings. The first kappa shape index (κ1) is 14.0. The zero-order valence-corrected chi connectivity index (χ0v) is 11.9. The largest absolute Gasteiger partial charge is 0.465 e. The maximum absolute atomic E-state index is 10.7. The van der Waals surface area contributed by atoms with Gasteiger partial charge < -0.3 is 15.3 Å². The lowest BCUT2D eigenvalue weighted by Crippen LogP contribution is -2.41. The van der Waals surface area contributed by atoms with Crippen molar-refractivity contribution < 1.29 is 9.90 Å². The molecule has 3 rings (SSSR count). The summed E-state index contributed by atoms with van der Waals surface area (Å²) >= 11 is 0. The molecule has 1 aromatic heterocycles. The Balaban J connectivity index is 1.85. The second-order valence-corrected chi connectivity index (χ2v) is 5.23. The van der Waals surface area contributed by atoms with Gasteiger partial charge in [0.05, 0.1) is 6.20 Å². The minimum absolute atomic E-state index is 0.149. The number of amides is 1. The highest BCUT2D eigenvalue weighted by atomic mass is 16.4. The Labute approximate surface area is 128 Å². The SMILES string of the molecule is C#Cc1ccc(N2CC(CNC(=O)O)Cn3nccc32)cc1. The summed E-state index contributed by atoms with van der Waals surface area (Å²) < 4.78 is 1.90. The molecule has 2 heterocycles. The summed E-state index contributed by atoms with van der Waals surface area (Å²) in [5.74, 6) is 3.75. The Morgan fingerprint density at radius 3 is 2.82 bits per heavy atom. The quantitative estimate of drug-likeness (QED) is 0.849. The molecule has 0 aliphatic carbocycles. The Morgan fingerprint density at radius 2 is 2.14 bits per heavy atom. The number of aromatic nitrogens is 2. The average Bonchev–Trinajstić information content (AvgIpc) is 3.00. The number of benzene rings is 1. The third kappa shape index (κ3) is 2.74. The molecule has 22 heavy (non-hydrogen) atoms. The predicted octanol–water partition coefficient (Wildman–Crippen LogP) is 1.90. The molecule has 112 valence electrons. The van der Waals surface area contributed by atoms with Crippen molar-refractivity contribution >= 4 is 17.6 Å². The molecule has 1 aromatic carbocycles. The molecule has 0 saturated heterocycles. The normalized spacial score (nSPS) is 16.7. The van der Waals surface area contributed by atoms with E-state index >= 15 is 0 Å². The highest BCUT2D eigenvalue weighted by Crippen LogP contribution is 2.30. The van der Waals surface area contributed by atoms with E-state index in [1.807, 2.05) is 35.0 Å². The molecule has 1 amide bonds. The van der Waals surface area contributed by atoms with Gasteiger partial charge in [-0.1, -0.05) is 5.92 Å². The van der Waals surface area contributed by atoms with Crippen LogP contribution in [0.5, 0.6) is 0 Å². The van der Waals surface area contributed by atoms with E-state index in [1.54, 1.807) is 6.20 Å². The Hall–Kier alpha value is -2.94. The van der Waals surface area contributed by atoms with Gasteiger partial charge in [-0.3, -0.25) is 0 Å². The fraction of sp³-hybridized carbons (Fsp3) is 0.250. The number of carboxylic acid groups (broad SMARTS) is 1. The van der Waals surface area contributed by atoms with Crippen LogP contribution in [0.4, 0.5) is 16.3 Å². The summed E-state index contributed by atoms with van der Waals surface area (Å²) in [4.78, 5) is 12.8. The summed E-state index contributed by atoms with van der Waals surface area (Å²) in [6.07, 6.45) is 6.14. The fourth-order valence-corrected chi connectivity index (χ4v) is 2.69. The Bertz CT molecular complexity index is 714. The average molecular weight is 296 g/mol. The molecule has 0 bridgehead atoms. The number of hydrogen-bond donors (Lipinski definition) is 2. The van der Waals surface area contributed by atoms with Crippen LogP contribution in [0.3, 0.4) is 0 Å².